The quantitative estimate of drug-likeness (QED) is 0.822. The summed E-state index contributed by atoms with van der Waals surface area (Å²) in [5.74, 6) is -0.122. The van der Waals surface area contributed by atoms with E-state index in [4.69, 9.17) is 5.73 Å². The van der Waals surface area contributed by atoms with Crippen molar-refractivity contribution in [3.63, 3.8) is 0 Å². The molecule has 0 fully saturated rings. The Morgan fingerprint density at radius 1 is 1.16 bits per heavy atom. The lowest BCUT2D eigenvalue weighted by atomic mass is 10.1. The summed E-state index contributed by atoms with van der Waals surface area (Å²) in [6.07, 6.45) is 0. The van der Waals surface area contributed by atoms with Crippen LogP contribution in [0.1, 0.15) is 39.3 Å². The number of benzene rings is 1. The van der Waals surface area contributed by atoms with E-state index in [1.807, 2.05) is 18.7 Å². The van der Waals surface area contributed by atoms with Crippen LogP contribution in [0.4, 0.5) is 0 Å². The molecule has 0 aliphatic carbocycles. The fourth-order valence-corrected chi connectivity index (χ4v) is 2.37. The highest BCUT2D eigenvalue weighted by Crippen LogP contribution is 2.24. The summed E-state index contributed by atoms with van der Waals surface area (Å²) in [6, 6.07) is 7.81. The second kappa shape index (κ2) is 8.46. The molecule has 3 N–H and O–H groups in total. The normalized spacial score (nSPS) is 13.6. The van der Waals surface area contributed by atoms with Crippen LogP contribution in [-0.4, -0.2) is 17.2 Å². The van der Waals surface area contributed by atoms with Crippen LogP contribution < -0.4 is 11.1 Å². The summed E-state index contributed by atoms with van der Waals surface area (Å²) in [7, 11) is 0. The number of hydrogen-bond acceptors (Lipinski definition) is 3. The molecule has 0 saturated carbocycles. The molecule has 0 bridgehead atoms. The van der Waals surface area contributed by atoms with Crippen molar-refractivity contribution < 1.29 is 4.79 Å². The van der Waals surface area contributed by atoms with E-state index < -0.39 is 6.04 Å². The second-order valence-electron chi connectivity index (χ2n) is 4.75. The standard InChI is InChI=1S/C14H22N2OS.ClH/c1-9(2)18-13-7-5-12(6-8-13)11(4)16-14(17)10(3)15;/h5-11H,15H2,1-4H3,(H,16,17);1H/t10-,11?;/m1./s1. The molecular weight excluding hydrogens is 280 g/mol. The van der Waals surface area contributed by atoms with Gasteiger partial charge in [0.15, 0.2) is 0 Å². The van der Waals surface area contributed by atoms with Gasteiger partial charge in [0.1, 0.15) is 0 Å². The molecular formula is C14H23ClN2OS. The third-order valence-electron chi connectivity index (χ3n) is 2.52. The van der Waals surface area contributed by atoms with Crippen LogP contribution in [0.2, 0.25) is 0 Å². The third kappa shape index (κ3) is 6.32. The van der Waals surface area contributed by atoms with Crippen molar-refractivity contribution in [2.45, 2.75) is 49.9 Å². The Kier molecular flexibility index (Phi) is 8.14. The smallest absolute Gasteiger partial charge is 0.237 e. The fourth-order valence-electron chi connectivity index (χ4n) is 1.54. The lowest BCUT2D eigenvalue weighted by Gasteiger charge is -2.16. The van der Waals surface area contributed by atoms with Crippen LogP contribution in [0.5, 0.6) is 0 Å². The highest BCUT2D eigenvalue weighted by molar-refractivity contribution is 7.99. The largest absolute Gasteiger partial charge is 0.348 e. The Hall–Kier alpha value is -0.710. The molecule has 0 aliphatic heterocycles. The van der Waals surface area contributed by atoms with E-state index in [9.17, 15) is 4.79 Å². The Labute approximate surface area is 126 Å². The number of amides is 1. The average molecular weight is 303 g/mol. The monoisotopic (exact) mass is 302 g/mol. The van der Waals surface area contributed by atoms with Crippen LogP contribution in [0.25, 0.3) is 0 Å². The highest BCUT2D eigenvalue weighted by atomic mass is 35.5. The van der Waals surface area contributed by atoms with Crippen LogP contribution in [0.3, 0.4) is 0 Å². The molecule has 1 unspecified atom stereocenters. The summed E-state index contributed by atoms with van der Waals surface area (Å²) in [5, 5.41) is 3.46. The van der Waals surface area contributed by atoms with Crippen molar-refractivity contribution in [3.05, 3.63) is 29.8 Å². The molecule has 5 heteroatoms. The van der Waals surface area contributed by atoms with Gasteiger partial charge in [-0.15, -0.1) is 24.2 Å². The molecule has 3 nitrogen and oxygen atoms in total. The molecule has 1 aromatic carbocycles. The zero-order chi connectivity index (χ0) is 13.7. The van der Waals surface area contributed by atoms with Gasteiger partial charge in [0.25, 0.3) is 0 Å². The van der Waals surface area contributed by atoms with Gasteiger partial charge < -0.3 is 11.1 Å². The molecule has 0 aliphatic rings. The third-order valence-corrected chi connectivity index (χ3v) is 3.54. The number of rotatable bonds is 5. The first-order valence-corrected chi connectivity index (χ1v) is 7.10. The number of carbonyl (C=O) groups is 1. The fraction of sp³-hybridized carbons (Fsp3) is 0.500. The van der Waals surface area contributed by atoms with E-state index in [1.54, 1.807) is 6.92 Å². The molecule has 1 amide bonds. The van der Waals surface area contributed by atoms with E-state index in [0.717, 1.165) is 5.56 Å². The summed E-state index contributed by atoms with van der Waals surface area (Å²) in [6.45, 7) is 7.99. The van der Waals surface area contributed by atoms with Gasteiger partial charge in [-0.2, -0.15) is 0 Å². The highest BCUT2D eigenvalue weighted by Gasteiger charge is 2.12. The molecule has 108 valence electrons. The maximum atomic E-state index is 11.5. The maximum Gasteiger partial charge on any atom is 0.237 e. The summed E-state index contributed by atoms with van der Waals surface area (Å²) >= 11 is 1.83. The van der Waals surface area contributed by atoms with Gasteiger partial charge in [0, 0.05) is 10.1 Å². The van der Waals surface area contributed by atoms with Crippen LogP contribution in [0, 0.1) is 0 Å². The Morgan fingerprint density at radius 3 is 2.11 bits per heavy atom. The molecule has 0 heterocycles. The zero-order valence-corrected chi connectivity index (χ0v) is 13.5. The van der Waals surface area contributed by atoms with Crippen molar-refractivity contribution in [2.24, 2.45) is 5.73 Å². The van der Waals surface area contributed by atoms with Crippen LogP contribution >= 0.6 is 24.2 Å². The first kappa shape index (κ1) is 18.3. The van der Waals surface area contributed by atoms with Gasteiger partial charge in [0.05, 0.1) is 12.1 Å². The van der Waals surface area contributed by atoms with E-state index in [2.05, 4.69) is 43.4 Å². The number of halogens is 1. The minimum Gasteiger partial charge on any atom is -0.348 e. The van der Waals surface area contributed by atoms with Crippen molar-refractivity contribution in [1.82, 2.24) is 5.32 Å². The minimum absolute atomic E-state index is 0. The number of thioether (sulfide) groups is 1. The average Bonchev–Trinajstić information content (AvgIpc) is 2.28. The van der Waals surface area contributed by atoms with Crippen molar-refractivity contribution >= 4 is 30.1 Å². The molecule has 0 radical (unpaired) electrons. The van der Waals surface area contributed by atoms with Gasteiger partial charge in [0.2, 0.25) is 5.91 Å². The molecule has 19 heavy (non-hydrogen) atoms. The predicted molar refractivity (Wildman–Crippen MR) is 84.9 cm³/mol. The van der Waals surface area contributed by atoms with Crippen molar-refractivity contribution in [1.29, 1.82) is 0 Å². The van der Waals surface area contributed by atoms with Gasteiger partial charge in [-0.05, 0) is 31.5 Å². The Balaban J connectivity index is 0.00000324. The van der Waals surface area contributed by atoms with Crippen LogP contribution in [0.15, 0.2) is 29.2 Å². The summed E-state index contributed by atoms with van der Waals surface area (Å²) in [5.41, 5.74) is 6.62. The van der Waals surface area contributed by atoms with Crippen molar-refractivity contribution in [3.8, 4) is 0 Å². The van der Waals surface area contributed by atoms with Gasteiger partial charge >= 0.3 is 0 Å². The summed E-state index contributed by atoms with van der Waals surface area (Å²) < 4.78 is 0. The second-order valence-corrected chi connectivity index (χ2v) is 6.40. The molecule has 0 spiro atoms. The number of nitrogens with one attached hydrogen (secondary N) is 1. The van der Waals surface area contributed by atoms with Gasteiger partial charge in [-0.25, -0.2) is 0 Å². The van der Waals surface area contributed by atoms with E-state index in [1.165, 1.54) is 4.90 Å². The minimum atomic E-state index is -0.469. The van der Waals surface area contributed by atoms with E-state index in [0.29, 0.717) is 5.25 Å². The topological polar surface area (TPSA) is 55.1 Å². The van der Waals surface area contributed by atoms with Crippen LogP contribution in [-0.2, 0) is 4.79 Å². The zero-order valence-electron chi connectivity index (χ0n) is 11.8. The molecule has 1 rings (SSSR count). The molecule has 0 saturated heterocycles. The first-order chi connectivity index (χ1) is 8.40. The molecule has 2 atom stereocenters. The Bertz CT molecular complexity index is 393. The molecule has 0 aromatic heterocycles. The van der Waals surface area contributed by atoms with Gasteiger partial charge in [-0.3, -0.25) is 4.79 Å². The lowest BCUT2D eigenvalue weighted by molar-refractivity contribution is -0.122. The number of hydrogen-bond donors (Lipinski definition) is 2. The Morgan fingerprint density at radius 2 is 1.68 bits per heavy atom. The molecule has 1 aromatic rings. The predicted octanol–water partition coefficient (Wildman–Crippen LogP) is 3.13. The first-order valence-electron chi connectivity index (χ1n) is 6.22. The lowest BCUT2D eigenvalue weighted by Crippen LogP contribution is -2.39. The van der Waals surface area contributed by atoms with Crippen molar-refractivity contribution in [2.75, 3.05) is 0 Å². The summed E-state index contributed by atoms with van der Waals surface area (Å²) in [4.78, 5) is 12.7. The number of carbonyl (C=O) groups excluding carboxylic acids is 1. The maximum absolute atomic E-state index is 11.5. The van der Waals surface area contributed by atoms with Gasteiger partial charge in [-0.1, -0.05) is 26.0 Å². The van der Waals surface area contributed by atoms with E-state index >= 15 is 0 Å². The van der Waals surface area contributed by atoms with E-state index in [-0.39, 0.29) is 24.4 Å². The SMILES string of the molecule is CC(C)Sc1ccc(C(C)NC(=O)[C@@H](C)N)cc1.Cl. The number of nitrogens with two attached hydrogens (primary N) is 1.